The van der Waals surface area contributed by atoms with Gasteiger partial charge in [0, 0.05) is 12.6 Å². The third-order valence-corrected chi connectivity index (χ3v) is 4.32. The van der Waals surface area contributed by atoms with Gasteiger partial charge in [0.25, 0.3) is 0 Å². The van der Waals surface area contributed by atoms with E-state index in [0.717, 1.165) is 12.1 Å². The van der Waals surface area contributed by atoms with E-state index in [9.17, 15) is 0 Å². The standard InChI is InChI=1S/C14H18N2S/c1-11-8-12(9-15)2-3-13(11)10-16-14-4-6-17-7-5-14/h2-3,8,14,16H,4-7,10H2,1H3. The van der Waals surface area contributed by atoms with Crippen molar-refractivity contribution in [2.45, 2.75) is 32.4 Å². The lowest BCUT2D eigenvalue weighted by Gasteiger charge is -2.23. The van der Waals surface area contributed by atoms with Crippen molar-refractivity contribution in [2.75, 3.05) is 11.5 Å². The molecule has 1 heterocycles. The zero-order chi connectivity index (χ0) is 12.1. The van der Waals surface area contributed by atoms with Gasteiger partial charge in [-0.05, 0) is 54.5 Å². The Hall–Kier alpha value is -0.980. The SMILES string of the molecule is Cc1cc(C#N)ccc1CNC1CCSCC1. The second-order valence-corrected chi connectivity index (χ2v) is 5.75. The lowest BCUT2D eigenvalue weighted by atomic mass is 10.0. The molecule has 1 aromatic rings. The van der Waals surface area contributed by atoms with Crippen molar-refractivity contribution >= 4 is 11.8 Å². The number of nitrogens with one attached hydrogen (secondary N) is 1. The third kappa shape index (κ3) is 3.49. The summed E-state index contributed by atoms with van der Waals surface area (Å²) < 4.78 is 0. The molecular weight excluding hydrogens is 228 g/mol. The molecule has 0 aliphatic carbocycles. The summed E-state index contributed by atoms with van der Waals surface area (Å²) in [5.74, 6) is 2.56. The van der Waals surface area contributed by atoms with Crippen molar-refractivity contribution in [3.8, 4) is 6.07 Å². The van der Waals surface area contributed by atoms with Gasteiger partial charge in [-0.3, -0.25) is 0 Å². The average molecular weight is 246 g/mol. The molecule has 0 aromatic heterocycles. The monoisotopic (exact) mass is 246 g/mol. The van der Waals surface area contributed by atoms with Crippen molar-refractivity contribution in [2.24, 2.45) is 0 Å². The van der Waals surface area contributed by atoms with Crippen LogP contribution in [0.15, 0.2) is 18.2 Å². The Labute approximate surface area is 107 Å². The Balaban J connectivity index is 1.92. The van der Waals surface area contributed by atoms with Crippen LogP contribution >= 0.6 is 11.8 Å². The molecule has 1 aliphatic heterocycles. The summed E-state index contributed by atoms with van der Waals surface area (Å²) in [6.07, 6.45) is 2.56. The molecule has 0 amide bonds. The van der Waals surface area contributed by atoms with Gasteiger partial charge in [0.2, 0.25) is 0 Å². The molecule has 2 nitrogen and oxygen atoms in total. The first kappa shape index (κ1) is 12.5. The van der Waals surface area contributed by atoms with Gasteiger partial charge in [0.05, 0.1) is 11.6 Å². The molecule has 0 radical (unpaired) electrons. The van der Waals surface area contributed by atoms with Gasteiger partial charge in [0.1, 0.15) is 0 Å². The van der Waals surface area contributed by atoms with Crippen LogP contribution in [0.25, 0.3) is 0 Å². The highest BCUT2D eigenvalue weighted by Crippen LogP contribution is 2.18. The quantitative estimate of drug-likeness (QED) is 0.891. The maximum atomic E-state index is 8.82. The molecule has 0 bridgehead atoms. The highest BCUT2D eigenvalue weighted by Gasteiger charge is 2.12. The Kier molecular flexibility index (Phi) is 4.47. The fourth-order valence-electron chi connectivity index (χ4n) is 2.12. The fraction of sp³-hybridized carbons (Fsp3) is 0.500. The molecule has 1 aliphatic rings. The molecule has 0 unspecified atom stereocenters. The van der Waals surface area contributed by atoms with Crippen molar-refractivity contribution in [1.29, 1.82) is 5.26 Å². The summed E-state index contributed by atoms with van der Waals surface area (Å²) in [4.78, 5) is 0. The molecule has 1 N–H and O–H groups in total. The number of aryl methyl sites for hydroxylation is 1. The largest absolute Gasteiger partial charge is 0.310 e. The minimum atomic E-state index is 0.672. The summed E-state index contributed by atoms with van der Waals surface area (Å²) in [6, 6.07) is 8.79. The number of benzene rings is 1. The van der Waals surface area contributed by atoms with Crippen LogP contribution in [0, 0.1) is 18.3 Å². The molecule has 90 valence electrons. The van der Waals surface area contributed by atoms with E-state index in [-0.39, 0.29) is 0 Å². The van der Waals surface area contributed by atoms with Crippen LogP contribution in [0.3, 0.4) is 0 Å². The van der Waals surface area contributed by atoms with Crippen LogP contribution < -0.4 is 5.32 Å². The van der Waals surface area contributed by atoms with Gasteiger partial charge in [-0.15, -0.1) is 0 Å². The first-order chi connectivity index (χ1) is 8.29. The Morgan fingerprint density at radius 2 is 2.18 bits per heavy atom. The van der Waals surface area contributed by atoms with Gasteiger partial charge in [-0.25, -0.2) is 0 Å². The average Bonchev–Trinajstić information content (AvgIpc) is 2.38. The number of hydrogen-bond acceptors (Lipinski definition) is 3. The molecule has 0 atom stereocenters. The van der Waals surface area contributed by atoms with Gasteiger partial charge >= 0.3 is 0 Å². The first-order valence-corrected chi connectivity index (χ1v) is 7.26. The van der Waals surface area contributed by atoms with E-state index >= 15 is 0 Å². The van der Waals surface area contributed by atoms with Crippen LogP contribution in [0.4, 0.5) is 0 Å². The smallest absolute Gasteiger partial charge is 0.0991 e. The molecule has 0 spiro atoms. The minimum Gasteiger partial charge on any atom is -0.310 e. The molecule has 2 rings (SSSR count). The highest BCUT2D eigenvalue weighted by atomic mass is 32.2. The maximum Gasteiger partial charge on any atom is 0.0991 e. The van der Waals surface area contributed by atoms with Crippen LogP contribution in [0.2, 0.25) is 0 Å². The third-order valence-electron chi connectivity index (χ3n) is 3.27. The molecule has 1 fully saturated rings. The predicted octanol–water partition coefficient (Wildman–Crippen LogP) is 2.85. The molecule has 17 heavy (non-hydrogen) atoms. The highest BCUT2D eigenvalue weighted by molar-refractivity contribution is 7.99. The summed E-state index contributed by atoms with van der Waals surface area (Å²) in [5, 5.41) is 12.4. The van der Waals surface area contributed by atoms with E-state index in [1.54, 1.807) is 0 Å². The Morgan fingerprint density at radius 1 is 1.41 bits per heavy atom. The van der Waals surface area contributed by atoms with E-state index in [4.69, 9.17) is 5.26 Å². The predicted molar refractivity (Wildman–Crippen MR) is 73.1 cm³/mol. The lowest BCUT2D eigenvalue weighted by Crippen LogP contribution is -2.32. The normalized spacial score (nSPS) is 16.7. The van der Waals surface area contributed by atoms with E-state index in [1.807, 2.05) is 12.1 Å². The number of nitriles is 1. The van der Waals surface area contributed by atoms with Crippen LogP contribution in [-0.2, 0) is 6.54 Å². The second kappa shape index (κ2) is 6.09. The van der Waals surface area contributed by atoms with Crippen molar-refractivity contribution in [3.63, 3.8) is 0 Å². The zero-order valence-electron chi connectivity index (χ0n) is 10.2. The lowest BCUT2D eigenvalue weighted by molar-refractivity contribution is 0.481. The van der Waals surface area contributed by atoms with E-state index in [2.05, 4.69) is 36.1 Å². The number of hydrogen-bond donors (Lipinski definition) is 1. The van der Waals surface area contributed by atoms with E-state index in [0.29, 0.717) is 6.04 Å². The van der Waals surface area contributed by atoms with Crippen LogP contribution in [0.5, 0.6) is 0 Å². The van der Waals surface area contributed by atoms with E-state index < -0.39 is 0 Å². The second-order valence-electron chi connectivity index (χ2n) is 4.52. The molecule has 0 saturated carbocycles. The van der Waals surface area contributed by atoms with Gasteiger partial charge < -0.3 is 5.32 Å². The molecular formula is C14H18N2S. The number of nitrogens with zero attached hydrogens (tertiary/aromatic N) is 1. The molecule has 3 heteroatoms. The molecule has 1 aromatic carbocycles. The first-order valence-electron chi connectivity index (χ1n) is 6.10. The summed E-state index contributed by atoms with van der Waals surface area (Å²) >= 11 is 2.05. The summed E-state index contributed by atoms with van der Waals surface area (Å²) in [7, 11) is 0. The Morgan fingerprint density at radius 3 is 2.82 bits per heavy atom. The van der Waals surface area contributed by atoms with E-state index in [1.165, 1.54) is 35.5 Å². The number of thioether (sulfide) groups is 1. The van der Waals surface area contributed by atoms with Crippen molar-refractivity contribution in [3.05, 3.63) is 34.9 Å². The van der Waals surface area contributed by atoms with Gasteiger partial charge in [-0.1, -0.05) is 6.07 Å². The minimum absolute atomic E-state index is 0.672. The van der Waals surface area contributed by atoms with Crippen molar-refractivity contribution in [1.82, 2.24) is 5.32 Å². The number of rotatable bonds is 3. The van der Waals surface area contributed by atoms with Gasteiger partial charge in [0.15, 0.2) is 0 Å². The maximum absolute atomic E-state index is 8.82. The summed E-state index contributed by atoms with van der Waals surface area (Å²) in [6.45, 7) is 3.00. The van der Waals surface area contributed by atoms with Gasteiger partial charge in [-0.2, -0.15) is 17.0 Å². The fourth-order valence-corrected chi connectivity index (χ4v) is 3.23. The molecule has 1 saturated heterocycles. The topological polar surface area (TPSA) is 35.8 Å². The van der Waals surface area contributed by atoms with Crippen LogP contribution in [0.1, 0.15) is 29.5 Å². The summed E-state index contributed by atoms with van der Waals surface area (Å²) in [5.41, 5.74) is 3.27. The zero-order valence-corrected chi connectivity index (χ0v) is 11.0. The van der Waals surface area contributed by atoms with Crippen LogP contribution in [-0.4, -0.2) is 17.5 Å². The van der Waals surface area contributed by atoms with Crippen molar-refractivity contribution < 1.29 is 0 Å². The Bertz CT molecular complexity index is 417.